The smallest absolute Gasteiger partial charge is 0.488 e. The Hall–Kier alpha value is -6.94. The molecule has 2 aliphatic rings. The molecule has 1 amide bonds. The highest BCUT2D eigenvalue weighted by atomic mass is 28.3. The van der Waals surface area contributed by atoms with E-state index >= 15 is 0 Å². The van der Waals surface area contributed by atoms with E-state index in [4.69, 9.17) is 4.74 Å². The van der Waals surface area contributed by atoms with Crippen LogP contribution in [0.5, 0.6) is 5.75 Å². The first kappa shape index (κ1) is 62.7. The van der Waals surface area contributed by atoms with Crippen LogP contribution in [0.15, 0.2) is 150 Å². The fourth-order valence-electron chi connectivity index (χ4n) is 11.6. The van der Waals surface area contributed by atoms with E-state index in [2.05, 4.69) is 158 Å². The summed E-state index contributed by atoms with van der Waals surface area (Å²) >= 11 is 0. The molecular formula is C67H84B2N5O7Si+. The molecule has 1 heterocycles. The van der Waals surface area contributed by atoms with Crippen molar-refractivity contribution < 1.29 is 39.0 Å². The molecular weight excluding hydrogens is 1040 g/mol. The Morgan fingerprint density at radius 3 is 1.91 bits per heavy atom. The zero-order chi connectivity index (χ0) is 58.4. The minimum atomic E-state index is -2.29. The number of aryl methyl sites for hydroxylation is 1. The Morgan fingerprint density at radius 1 is 0.707 bits per heavy atom. The van der Waals surface area contributed by atoms with Crippen molar-refractivity contribution >= 4 is 88.6 Å². The van der Waals surface area contributed by atoms with Crippen molar-refractivity contribution in [3.8, 4) is 5.75 Å². The molecule has 0 fully saturated rings. The number of methoxy groups -OCH3 is 1. The zero-order valence-corrected chi connectivity index (χ0v) is 50.1. The Labute approximate surface area is 488 Å². The van der Waals surface area contributed by atoms with Gasteiger partial charge in [-0.2, -0.15) is 0 Å². The van der Waals surface area contributed by atoms with Gasteiger partial charge in [0.25, 0.3) is 0 Å². The summed E-state index contributed by atoms with van der Waals surface area (Å²) in [5.74, 6) is 0.448. The van der Waals surface area contributed by atoms with Crippen molar-refractivity contribution in [2.45, 2.75) is 93.2 Å². The number of fused-ring (bicyclic) bond motifs is 4. The van der Waals surface area contributed by atoms with Gasteiger partial charge in [0.1, 0.15) is 27.9 Å². The van der Waals surface area contributed by atoms with Crippen molar-refractivity contribution in [3.63, 3.8) is 0 Å². The number of rotatable bonds is 24. The zero-order valence-electron chi connectivity index (χ0n) is 49.1. The van der Waals surface area contributed by atoms with E-state index in [0.717, 1.165) is 67.2 Å². The molecule has 0 unspecified atom stereocenters. The fraction of sp³-hybridized carbons (Fsp3) is 0.328. The highest BCUT2D eigenvalue weighted by molar-refractivity contribution is 6.98. The number of unbranched alkanes of at least 4 members (excludes halogenated alkanes) is 1. The number of carbonyl (C=O) groups is 2. The van der Waals surface area contributed by atoms with Gasteiger partial charge in [-0.05, 0) is 176 Å². The summed E-state index contributed by atoms with van der Waals surface area (Å²) in [5, 5.41) is 52.9. The highest BCUT2D eigenvalue weighted by Gasteiger charge is 2.41. The van der Waals surface area contributed by atoms with Gasteiger partial charge < -0.3 is 35.0 Å². The minimum absolute atomic E-state index is 0. The number of hydrogen-bond acceptors (Lipinski definition) is 10. The molecule has 15 heteroatoms. The predicted octanol–water partition coefficient (Wildman–Crippen LogP) is 8.25. The van der Waals surface area contributed by atoms with Gasteiger partial charge in [0, 0.05) is 83.2 Å². The van der Waals surface area contributed by atoms with Gasteiger partial charge in [-0.25, -0.2) is 4.58 Å². The molecule has 5 N–H and O–H groups in total. The number of hydrogen-bond donors (Lipinski definition) is 5. The lowest BCUT2D eigenvalue weighted by Crippen LogP contribution is -2.49. The van der Waals surface area contributed by atoms with Gasteiger partial charge in [-0.15, -0.1) is 0 Å². The number of benzene rings is 6. The first-order valence-electron chi connectivity index (χ1n) is 28.1. The number of nitrogens with one attached hydrogen (secondary N) is 1. The number of Topliss-reactive ketones (excluding diaryl/α,β-unsaturated/α-hetero) is 1. The Kier molecular flexibility index (Phi) is 20.6. The van der Waals surface area contributed by atoms with Crippen molar-refractivity contribution in [2.75, 3.05) is 59.8 Å². The molecule has 0 aromatic heterocycles. The monoisotopic (exact) mass is 1120 g/mol. The quantitative estimate of drug-likeness (QED) is 0.0132. The van der Waals surface area contributed by atoms with E-state index < -0.39 is 22.3 Å². The van der Waals surface area contributed by atoms with Crippen LogP contribution in [-0.4, -0.2) is 129 Å². The second-order valence-electron chi connectivity index (χ2n) is 23.0. The molecule has 1 aliphatic carbocycles. The van der Waals surface area contributed by atoms with Crippen molar-refractivity contribution in [3.05, 3.63) is 189 Å². The number of ether oxygens (including phenoxy) is 1. The van der Waals surface area contributed by atoms with E-state index in [1.165, 1.54) is 27.1 Å². The first-order chi connectivity index (χ1) is 38.6. The lowest BCUT2D eigenvalue weighted by atomic mass is 9.76. The van der Waals surface area contributed by atoms with Crippen LogP contribution in [0, 0.1) is 6.92 Å². The molecule has 0 saturated heterocycles. The number of carbonyl (C=O) groups excluding carboxylic acids is 2. The third-order valence-electron chi connectivity index (χ3n) is 16.1. The molecule has 6 aromatic rings. The van der Waals surface area contributed by atoms with Crippen molar-refractivity contribution in [2.24, 2.45) is 0 Å². The normalized spacial score (nSPS) is 13.4. The second-order valence-corrected chi connectivity index (χ2v) is 27.3. The van der Waals surface area contributed by atoms with E-state index in [1.54, 1.807) is 39.2 Å². The summed E-state index contributed by atoms with van der Waals surface area (Å²) in [6, 6.07) is 33.5. The van der Waals surface area contributed by atoms with Crippen LogP contribution in [-0.2, 0) is 35.8 Å². The number of ketones is 1. The van der Waals surface area contributed by atoms with Crippen LogP contribution < -0.4 is 31.1 Å². The summed E-state index contributed by atoms with van der Waals surface area (Å²) in [5.41, 5.74) is 13.6. The number of nitrogens with zero attached hydrogens (tertiary/aromatic N) is 4. The van der Waals surface area contributed by atoms with Crippen LogP contribution >= 0.6 is 0 Å². The molecule has 8 rings (SSSR count). The molecule has 0 spiro atoms. The Bertz CT molecular complexity index is 3560. The maximum absolute atomic E-state index is 12.9. The van der Waals surface area contributed by atoms with Gasteiger partial charge in [-0.3, -0.25) is 19.4 Å². The molecule has 428 valence electrons. The SMILES string of the molecule is C.C=C(C)C(=O)CCCCN(Cc1cc(C)ccc1B(O)O)Cc1c2ccccc2c(CN(CCCNC(=O)C(=C)C)Cc2cc(OC)ccc2B(O)O)c2ccc(C3=C4C=CC(=[N+](C)C)C=C4[Si](C)(C)c4cc(N(C)C)ccc43)cc12. The number of allylic oxidation sites excluding steroid dienone is 6. The van der Waals surface area contributed by atoms with E-state index in [0.29, 0.717) is 98.5 Å². The number of amides is 1. The highest BCUT2D eigenvalue weighted by Crippen LogP contribution is 2.44. The summed E-state index contributed by atoms with van der Waals surface area (Å²) < 4.78 is 7.85. The van der Waals surface area contributed by atoms with Gasteiger partial charge in [-0.1, -0.05) is 106 Å². The third kappa shape index (κ3) is 13.9. The summed E-state index contributed by atoms with van der Waals surface area (Å²) in [7, 11) is 4.33. The van der Waals surface area contributed by atoms with E-state index in [1.807, 2.05) is 25.1 Å². The Balaban J connectivity index is 0.00000968. The largest absolute Gasteiger partial charge is 0.497 e. The van der Waals surface area contributed by atoms with E-state index in [9.17, 15) is 29.7 Å². The molecule has 1 aliphatic heterocycles. The average Bonchev–Trinajstić information content (AvgIpc) is 1.13. The standard InChI is InChI=1S/C66H79B2N5O7Si.CH4/c1-43(2)62(74)20-15-16-32-72(39-47-34-45(5)21-29-60(47)67(76)77)42-59-53-19-14-13-18-52(53)58(41-73(33-17-31-69-66(75)44(3)4)40-48-35-51(80-10)25-30-61(48)68(78)79)54-26-22-46(36-57(54)59)65-55-27-23-49(70(6)7)37-63(55)81(11,12)64-38-50(71(8)9)24-28-56(64)65;/h13-14,18-19,21-30,34-38,76-79H,1,3,15-17,20,31-33,39-42H2,2,4-12H3;1H4/p+1. The molecule has 12 nitrogen and oxygen atoms in total. The molecule has 0 bridgehead atoms. The van der Waals surface area contributed by atoms with Gasteiger partial charge in [0.05, 0.1) is 7.11 Å². The summed E-state index contributed by atoms with van der Waals surface area (Å²) in [4.78, 5) is 32.4. The molecule has 82 heavy (non-hydrogen) atoms. The lowest BCUT2D eigenvalue weighted by molar-refractivity contribution is -0.462. The van der Waals surface area contributed by atoms with Crippen LogP contribution in [0.3, 0.4) is 0 Å². The fourth-order valence-corrected chi connectivity index (χ4v) is 14.7. The lowest BCUT2D eigenvalue weighted by Gasteiger charge is -2.38. The van der Waals surface area contributed by atoms with Gasteiger partial charge >= 0.3 is 14.2 Å². The molecule has 0 radical (unpaired) electrons. The van der Waals surface area contributed by atoms with Crippen LogP contribution in [0.2, 0.25) is 13.1 Å². The van der Waals surface area contributed by atoms with Crippen LogP contribution in [0.1, 0.15) is 85.9 Å². The summed E-state index contributed by atoms with van der Waals surface area (Å²) in [6.07, 6.45) is 9.36. The molecule has 6 aromatic carbocycles. The first-order valence-corrected chi connectivity index (χ1v) is 31.1. The predicted molar refractivity (Wildman–Crippen MR) is 345 cm³/mol. The average molecular weight is 1120 g/mol. The third-order valence-corrected chi connectivity index (χ3v) is 19.7. The second kappa shape index (κ2) is 27.0. The summed E-state index contributed by atoms with van der Waals surface area (Å²) in [6.45, 7) is 21.5. The van der Waals surface area contributed by atoms with Crippen LogP contribution in [0.25, 0.3) is 27.1 Å². The van der Waals surface area contributed by atoms with E-state index in [-0.39, 0.29) is 19.1 Å². The Morgan fingerprint density at radius 2 is 1.32 bits per heavy atom. The maximum Gasteiger partial charge on any atom is 0.488 e. The molecule has 0 saturated carbocycles. The van der Waals surface area contributed by atoms with Crippen molar-refractivity contribution in [1.29, 1.82) is 0 Å². The molecule has 0 atom stereocenters. The minimum Gasteiger partial charge on any atom is -0.497 e. The number of anilines is 1. The maximum atomic E-state index is 12.9. The van der Waals surface area contributed by atoms with Gasteiger partial charge in [0.15, 0.2) is 11.5 Å². The van der Waals surface area contributed by atoms with Gasteiger partial charge in [0.2, 0.25) is 5.91 Å². The van der Waals surface area contributed by atoms with Crippen LogP contribution in [0.4, 0.5) is 5.69 Å². The van der Waals surface area contributed by atoms with Crippen molar-refractivity contribution in [1.82, 2.24) is 15.1 Å². The topological polar surface area (TPSA) is 149 Å².